The molecule has 1 amide bonds. The molecule has 0 aliphatic heterocycles. The molecule has 5 heteroatoms. The summed E-state index contributed by atoms with van der Waals surface area (Å²) in [6, 6.07) is 56.3. The molecule has 0 saturated carbocycles. The van der Waals surface area contributed by atoms with Gasteiger partial charge in [-0.2, -0.15) is 0 Å². The maximum atomic E-state index is 11.7. The van der Waals surface area contributed by atoms with E-state index in [0.717, 1.165) is 33.8 Å². The van der Waals surface area contributed by atoms with E-state index >= 15 is 0 Å². The van der Waals surface area contributed by atoms with Gasteiger partial charge in [-0.25, -0.2) is 0 Å². The van der Waals surface area contributed by atoms with Gasteiger partial charge >= 0.3 is 0 Å². The highest BCUT2D eigenvalue weighted by atomic mass is 16.1. The molecule has 10 rings (SSSR count). The summed E-state index contributed by atoms with van der Waals surface area (Å²) in [4.78, 5) is 11.7. The van der Waals surface area contributed by atoms with Gasteiger partial charge < -0.3 is 19.0 Å². The first-order valence-corrected chi connectivity index (χ1v) is 16.6. The molecule has 49 heavy (non-hydrogen) atoms. The van der Waals surface area contributed by atoms with Gasteiger partial charge in [-0.1, -0.05) is 72.8 Å². The summed E-state index contributed by atoms with van der Waals surface area (Å²) in [5, 5.41) is 10.2. The molecule has 0 bridgehead atoms. The van der Waals surface area contributed by atoms with Crippen molar-refractivity contribution in [1.82, 2.24) is 13.7 Å². The fourth-order valence-corrected chi connectivity index (χ4v) is 7.85. The number of nitrogens with zero attached hydrogens (tertiary/aromatic N) is 3. The van der Waals surface area contributed by atoms with Gasteiger partial charge in [0, 0.05) is 62.0 Å². The van der Waals surface area contributed by atoms with Gasteiger partial charge in [0.25, 0.3) is 0 Å². The molecular formula is C44H30N4O. The zero-order chi connectivity index (χ0) is 32.6. The molecule has 0 radical (unpaired) electrons. The minimum Gasteiger partial charge on any atom is -0.326 e. The van der Waals surface area contributed by atoms with Crippen molar-refractivity contribution in [3.63, 3.8) is 0 Å². The molecule has 3 aromatic heterocycles. The fourth-order valence-electron chi connectivity index (χ4n) is 7.85. The molecule has 5 nitrogen and oxygen atoms in total. The molecule has 7 aromatic carbocycles. The Balaban J connectivity index is 1.27. The molecule has 0 unspecified atom stereocenters. The van der Waals surface area contributed by atoms with Crippen LogP contribution >= 0.6 is 0 Å². The lowest BCUT2D eigenvalue weighted by Crippen LogP contribution is -2.05. The second-order valence-electron chi connectivity index (χ2n) is 12.7. The number of para-hydroxylation sites is 4. The third-order valence-corrected chi connectivity index (χ3v) is 9.85. The molecule has 0 spiro atoms. The van der Waals surface area contributed by atoms with Crippen LogP contribution in [-0.2, 0) is 4.79 Å². The van der Waals surface area contributed by atoms with E-state index in [1.54, 1.807) is 0 Å². The number of nitrogens with one attached hydrogen (secondary N) is 1. The van der Waals surface area contributed by atoms with E-state index in [2.05, 4.69) is 165 Å². The van der Waals surface area contributed by atoms with Crippen LogP contribution in [0.25, 0.3) is 82.5 Å². The third-order valence-electron chi connectivity index (χ3n) is 9.85. The summed E-state index contributed by atoms with van der Waals surface area (Å²) < 4.78 is 7.09. The Kier molecular flexibility index (Phi) is 5.87. The van der Waals surface area contributed by atoms with E-state index in [1.807, 2.05) is 12.1 Å². The molecular weight excluding hydrogens is 601 g/mol. The molecule has 0 aliphatic carbocycles. The van der Waals surface area contributed by atoms with Crippen molar-refractivity contribution < 1.29 is 4.79 Å². The van der Waals surface area contributed by atoms with E-state index < -0.39 is 0 Å². The Hall–Kier alpha value is -6.59. The zero-order valence-corrected chi connectivity index (χ0v) is 26.8. The van der Waals surface area contributed by atoms with E-state index in [-0.39, 0.29) is 5.91 Å². The van der Waals surface area contributed by atoms with Crippen molar-refractivity contribution in [2.24, 2.45) is 0 Å². The molecule has 0 atom stereocenters. The highest BCUT2D eigenvalue weighted by Gasteiger charge is 2.18. The van der Waals surface area contributed by atoms with Crippen LogP contribution in [-0.4, -0.2) is 19.6 Å². The summed E-state index contributed by atoms with van der Waals surface area (Å²) in [7, 11) is 0. The van der Waals surface area contributed by atoms with Gasteiger partial charge in [0.2, 0.25) is 5.91 Å². The Morgan fingerprint density at radius 3 is 1.10 bits per heavy atom. The third kappa shape index (κ3) is 4.09. The molecule has 3 heterocycles. The Labute approximate surface area is 281 Å². The number of benzene rings is 7. The molecule has 232 valence electrons. The average Bonchev–Trinajstić information content (AvgIpc) is 3.77. The molecule has 0 fully saturated rings. The maximum absolute atomic E-state index is 11.7. The van der Waals surface area contributed by atoms with Crippen LogP contribution in [0.4, 0.5) is 5.69 Å². The second kappa shape index (κ2) is 10.5. The van der Waals surface area contributed by atoms with Crippen molar-refractivity contribution in [2.75, 3.05) is 5.32 Å². The van der Waals surface area contributed by atoms with Crippen LogP contribution in [0.2, 0.25) is 0 Å². The summed E-state index contributed by atoms with van der Waals surface area (Å²) in [6.07, 6.45) is 0. The minimum absolute atomic E-state index is 0.0835. The Morgan fingerprint density at radius 1 is 0.388 bits per heavy atom. The van der Waals surface area contributed by atoms with Crippen molar-refractivity contribution in [3.05, 3.63) is 158 Å². The number of aromatic nitrogens is 3. The van der Waals surface area contributed by atoms with Crippen LogP contribution in [0.3, 0.4) is 0 Å². The summed E-state index contributed by atoms with van der Waals surface area (Å²) in [5.41, 5.74) is 11.0. The molecule has 0 aliphatic rings. The number of carbonyl (C=O) groups is 1. The van der Waals surface area contributed by atoms with Gasteiger partial charge in [0.15, 0.2) is 0 Å². The quantitative estimate of drug-likeness (QED) is 0.207. The molecule has 10 aromatic rings. The van der Waals surface area contributed by atoms with Crippen molar-refractivity contribution in [2.45, 2.75) is 6.92 Å². The van der Waals surface area contributed by atoms with Gasteiger partial charge in [-0.15, -0.1) is 0 Å². The average molecular weight is 631 g/mol. The summed E-state index contributed by atoms with van der Waals surface area (Å²) in [6.45, 7) is 1.53. The summed E-state index contributed by atoms with van der Waals surface area (Å²) >= 11 is 0. The predicted molar refractivity (Wildman–Crippen MR) is 204 cm³/mol. The summed E-state index contributed by atoms with van der Waals surface area (Å²) in [5.74, 6) is -0.0835. The number of hydrogen-bond donors (Lipinski definition) is 1. The van der Waals surface area contributed by atoms with Crippen LogP contribution < -0.4 is 5.32 Å². The smallest absolute Gasteiger partial charge is 0.221 e. The zero-order valence-electron chi connectivity index (χ0n) is 26.8. The Bertz CT molecular complexity index is 2660. The minimum atomic E-state index is -0.0835. The monoisotopic (exact) mass is 630 g/mol. The molecule has 0 saturated heterocycles. The highest BCUT2D eigenvalue weighted by Crippen LogP contribution is 2.39. The topological polar surface area (TPSA) is 43.9 Å². The lowest BCUT2D eigenvalue weighted by molar-refractivity contribution is -0.114. The maximum Gasteiger partial charge on any atom is 0.221 e. The SMILES string of the molecule is CC(=O)Nc1ccc(-n2c3ccc(-n4c5ccccc5c5ccccc54)cc3c3cc(-n4c5ccccc5c5ccccc54)ccc32)cc1. The van der Waals surface area contributed by atoms with Gasteiger partial charge in [-0.05, 0) is 84.9 Å². The largest absolute Gasteiger partial charge is 0.326 e. The standard InChI is InChI=1S/C44H30N4O/c1-28(49)45-29-18-20-30(21-19-29)46-43-24-22-31(47-39-14-6-2-10-33(39)34-11-3-7-15-40(34)47)26-37(43)38-27-32(23-25-44(38)46)48-41-16-8-4-12-35(41)36-13-5-9-17-42(36)48/h2-27H,1H3,(H,45,49). The van der Waals surface area contributed by atoms with Gasteiger partial charge in [0.05, 0.1) is 33.1 Å². The van der Waals surface area contributed by atoms with Gasteiger partial charge in [-0.3, -0.25) is 4.79 Å². The van der Waals surface area contributed by atoms with Crippen LogP contribution in [0, 0.1) is 0 Å². The number of fused-ring (bicyclic) bond motifs is 9. The van der Waals surface area contributed by atoms with Crippen molar-refractivity contribution >= 4 is 77.0 Å². The van der Waals surface area contributed by atoms with Gasteiger partial charge in [0.1, 0.15) is 0 Å². The highest BCUT2D eigenvalue weighted by molar-refractivity contribution is 6.14. The predicted octanol–water partition coefficient (Wildman–Crippen LogP) is 10.9. The lowest BCUT2D eigenvalue weighted by Gasteiger charge is -2.11. The number of carbonyl (C=O) groups excluding carboxylic acids is 1. The fraction of sp³-hybridized carbons (Fsp3) is 0.0227. The van der Waals surface area contributed by atoms with Crippen LogP contribution in [0.1, 0.15) is 6.92 Å². The molecule has 1 N–H and O–H groups in total. The first kappa shape index (κ1) is 27.5. The van der Waals surface area contributed by atoms with Crippen LogP contribution in [0.15, 0.2) is 158 Å². The Morgan fingerprint density at radius 2 is 0.714 bits per heavy atom. The lowest BCUT2D eigenvalue weighted by atomic mass is 10.1. The van der Waals surface area contributed by atoms with Crippen LogP contribution in [0.5, 0.6) is 0 Å². The van der Waals surface area contributed by atoms with E-state index in [1.165, 1.54) is 61.3 Å². The first-order valence-electron chi connectivity index (χ1n) is 16.6. The second-order valence-corrected chi connectivity index (χ2v) is 12.7. The normalized spacial score (nSPS) is 11.9. The van der Waals surface area contributed by atoms with E-state index in [4.69, 9.17) is 0 Å². The number of rotatable bonds is 4. The van der Waals surface area contributed by atoms with Crippen molar-refractivity contribution in [3.8, 4) is 17.1 Å². The van der Waals surface area contributed by atoms with E-state index in [9.17, 15) is 4.79 Å². The van der Waals surface area contributed by atoms with E-state index in [0.29, 0.717) is 0 Å². The first-order chi connectivity index (χ1) is 24.1. The number of hydrogen-bond acceptors (Lipinski definition) is 1. The number of amides is 1. The number of anilines is 1. The van der Waals surface area contributed by atoms with Crippen molar-refractivity contribution in [1.29, 1.82) is 0 Å².